The molecule has 0 fully saturated rings. The van der Waals surface area contributed by atoms with Gasteiger partial charge >= 0.3 is 5.97 Å². The molecule has 6 nitrogen and oxygen atoms in total. The molecule has 0 unspecified atom stereocenters. The Hall–Kier alpha value is -2.02. The van der Waals surface area contributed by atoms with Crippen molar-refractivity contribution >= 4 is 21.9 Å². The number of aromatic nitrogens is 1. The van der Waals surface area contributed by atoms with Crippen LogP contribution >= 0.6 is 15.9 Å². The van der Waals surface area contributed by atoms with Crippen molar-refractivity contribution in [2.45, 2.75) is 0 Å². The summed E-state index contributed by atoms with van der Waals surface area (Å²) in [7, 11) is 1.39. The smallest absolute Gasteiger partial charge is 0.374 e. The average Bonchev–Trinajstić information content (AvgIpc) is 2.81. The van der Waals surface area contributed by atoms with Crippen LogP contribution in [0.25, 0.3) is 11.3 Å². The molecule has 0 bridgehead atoms. The third-order valence-electron chi connectivity index (χ3n) is 2.27. The standard InChI is InChI=1S/C11H8BrNO5/c1-17-10-7(14)3-2-5(12)9(10)6-4-8(11(15)16)18-13-6/h2-4,14H,1H3,(H,15,16). The fraction of sp³-hybridized carbons (Fsp3) is 0.0909. The molecule has 2 aromatic rings. The summed E-state index contributed by atoms with van der Waals surface area (Å²) in [6.07, 6.45) is 0. The second-order valence-corrected chi connectivity index (χ2v) is 4.21. The summed E-state index contributed by atoms with van der Waals surface area (Å²) < 4.78 is 10.3. The van der Waals surface area contributed by atoms with Gasteiger partial charge in [0.05, 0.1) is 12.7 Å². The van der Waals surface area contributed by atoms with Gasteiger partial charge in [-0.05, 0) is 28.1 Å². The summed E-state index contributed by atoms with van der Waals surface area (Å²) in [6.45, 7) is 0. The monoisotopic (exact) mass is 313 g/mol. The molecule has 0 aliphatic heterocycles. The van der Waals surface area contributed by atoms with Gasteiger partial charge in [0.1, 0.15) is 5.69 Å². The highest BCUT2D eigenvalue weighted by Crippen LogP contribution is 2.41. The van der Waals surface area contributed by atoms with Crippen molar-refractivity contribution in [1.82, 2.24) is 5.16 Å². The van der Waals surface area contributed by atoms with Crippen LogP contribution in [0.15, 0.2) is 27.2 Å². The van der Waals surface area contributed by atoms with E-state index < -0.39 is 5.97 Å². The highest BCUT2D eigenvalue weighted by atomic mass is 79.9. The van der Waals surface area contributed by atoms with Gasteiger partial charge in [0.25, 0.3) is 0 Å². The van der Waals surface area contributed by atoms with Crippen LogP contribution in [0.4, 0.5) is 0 Å². The van der Waals surface area contributed by atoms with Gasteiger partial charge in [-0.1, -0.05) is 5.16 Å². The lowest BCUT2D eigenvalue weighted by Crippen LogP contribution is -1.92. The van der Waals surface area contributed by atoms with E-state index in [-0.39, 0.29) is 23.0 Å². The number of carbonyl (C=O) groups is 1. The zero-order chi connectivity index (χ0) is 13.3. The van der Waals surface area contributed by atoms with E-state index in [1.165, 1.54) is 19.2 Å². The quantitative estimate of drug-likeness (QED) is 0.904. The summed E-state index contributed by atoms with van der Waals surface area (Å²) in [6, 6.07) is 4.30. The van der Waals surface area contributed by atoms with Crippen LogP contribution in [-0.4, -0.2) is 28.4 Å². The highest BCUT2D eigenvalue weighted by Gasteiger charge is 2.20. The molecule has 2 N–H and O–H groups in total. The van der Waals surface area contributed by atoms with Gasteiger partial charge in [0.15, 0.2) is 11.5 Å². The third kappa shape index (κ3) is 2.04. The Morgan fingerprint density at radius 2 is 2.22 bits per heavy atom. The van der Waals surface area contributed by atoms with E-state index in [2.05, 4.69) is 25.6 Å². The van der Waals surface area contributed by atoms with Crippen LogP contribution in [0, 0.1) is 0 Å². The van der Waals surface area contributed by atoms with Gasteiger partial charge in [0, 0.05) is 10.5 Å². The highest BCUT2D eigenvalue weighted by molar-refractivity contribution is 9.10. The second kappa shape index (κ2) is 4.69. The second-order valence-electron chi connectivity index (χ2n) is 3.36. The predicted molar refractivity (Wildman–Crippen MR) is 64.8 cm³/mol. The number of nitrogens with zero attached hydrogens (tertiary/aromatic N) is 1. The van der Waals surface area contributed by atoms with E-state index in [1.54, 1.807) is 6.07 Å². The Labute approximate surface area is 110 Å². The maximum absolute atomic E-state index is 10.7. The zero-order valence-corrected chi connectivity index (χ0v) is 10.8. The van der Waals surface area contributed by atoms with Crippen LogP contribution in [-0.2, 0) is 0 Å². The van der Waals surface area contributed by atoms with Gasteiger partial charge in [-0.15, -0.1) is 0 Å². The number of phenolic OH excluding ortho intramolecular Hbond substituents is 1. The molecule has 0 atom stereocenters. The number of rotatable bonds is 3. The SMILES string of the molecule is COc1c(O)ccc(Br)c1-c1cc(C(=O)O)on1. The maximum atomic E-state index is 10.7. The molecule has 0 radical (unpaired) electrons. The predicted octanol–water partition coefficient (Wildman–Crippen LogP) is 2.52. The lowest BCUT2D eigenvalue weighted by atomic mass is 10.1. The minimum absolute atomic E-state index is 0.0735. The summed E-state index contributed by atoms with van der Waals surface area (Å²) in [5.41, 5.74) is 0.681. The molecule has 0 aliphatic carbocycles. The molecule has 2 rings (SSSR count). The van der Waals surface area contributed by atoms with Crippen molar-refractivity contribution in [3.63, 3.8) is 0 Å². The molecule has 94 valence electrons. The Balaban J connectivity index is 2.62. The lowest BCUT2D eigenvalue weighted by molar-refractivity contribution is 0.0652. The number of methoxy groups -OCH3 is 1. The number of aromatic carboxylic acids is 1. The lowest BCUT2D eigenvalue weighted by Gasteiger charge is -2.09. The Kier molecular flexibility index (Phi) is 3.24. The number of hydrogen-bond acceptors (Lipinski definition) is 5. The number of phenols is 1. The molecule has 1 heterocycles. The number of aromatic hydroxyl groups is 1. The number of hydrogen-bond donors (Lipinski definition) is 2. The van der Waals surface area contributed by atoms with E-state index in [0.29, 0.717) is 10.0 Å². The third-order valence-corrected chi connectivity index (χ3v) is 2.93. The first-order chi connectivity index (χ1) is 8.54. The Morgan fingerprint density at radius 3 is 2.78 bits per heavy atom. The maximum Gasteiger partial charge on any atom is 0.374 e. The zero-order valence-electron chi connectivity index (χ0n) is 9.18. The van der Waals surface area contributed by atoms with Gasteiger partial charge in [-0.2, -0.15) is 0 Å². The average molecular weight is 314 g/mol. The van der Waals surface area contributed by atoms with Gasteiger partial charge in [-0.25, -0.2) is 4.79 Å². The number of benzene rings is 1. The van der Waals surface area contributed by atoms with Crippen molar-refractivity contribution in [2.75, 3.05) is 7.11 Å². The van der Waals surface area contributed by atoms with E-state index in [9.17, 15) is 9.90 Å². The fourth-order valence-electron chi connectivity index (χ4n) is 1.49. The molecule has 0 saturated carbocycles. The van der Waals surface area contributed by atoms with E-state index in [1.807, 2.05) is 0 Å². The molecule has 7 heteroatoms. The van der Waals surface area contributed by atoms with Crippen LogP contribution in [0.5, 0.6) is 11.5 Å². The number of carboxylic acid groups (broad SMARTS) is 1. The normalized spacial score (nSPS) is 10.3. The summed E-state index contributed by atoms with van der Waals surface area (Å²) in [5.74, 6) is -1.39. The molecule has 1 aromatic carbocycles. The molecule has 0 aliphatic rings. The number of ether oxygens (including phenoxy) is 1. The minimum Gasteiger partial charge on any atom is -0.504 e. The molecular weight excluding hydrogens is 306 g/mol. The van der Waals surface area contributed by atoms with E-state index in [4.69, 9.17) is 9.84 Å². The van der Waals surface area contributed by atoms with Crippen LogP contribution in [0.1, 0.15) is 10.6 Å². The molecule has 1 aromatic heterocycles. The summed E-state index contributed by atoms with van der Waals surface area (Å²) in [5, 5.41) is 22.1. The molecule has 0 saturated heterocycles. The van der Waals surface area contributed by atoms with Gasteiger partial charge < -0.3 is 19.5 Å². The van der Waals surface area contributed by atoms with Gasteiger partial charge in [0.2, 0.25) is 5.76 Å². The molecular formula is C11H8BrNO5. The van der Waals surface area contributed by atoms with Crippen molar-refractivity contribution in [3.8, 4) is 22.8 Å². The first kappa shape index (κ1) is 12.4. The molecule has 0 amide bonds. The summed E-state index contributed by atoms with van der Waals surface area (Å²) in [4.78, 5) is 10.7. The number of carboxylic acids is 1. The fourth-order valence-corrected chi connectivity index (χ4v) is 2.00. The number of halogens is 1. The first-order valence-electron chi connectivity index (χ1n) is 4.80. The van der Waals surface area contributed by atoms with E-state index >= 15 is 0 Å². The molecule has 0 spiro atoms. The first-order valence-corrected chi connectivity index (χ1v) is 5.59. The van der Waals surface area contributed by atoms with Crippen molar-refractivity contribution in [1.29, 1.82) is 0 Å². The Morgan fingerprint density at radius 1 is 1.50 bits per heavy atom. The summed E-state index contributed by atoms with van der Waals surface area (Å²) >= 11 is 3.28. The van der Waals surface area contributed by atoms with Crippen LogP contribution in [0.3, 0.4) is 0 Å². The van der Waals surface area contributed by atoms with Crippen molar-refractivity contribution in [3.05, 3.63) is 28.4 Å². The largest absolute Gasteiger partial charge is 0.504 e. The van der Waals surface area contributed by atoms with Crippen LogP contribution < -0.4 is 4.74 Å². The van der Waals surface area contributed by atoms with Crippen molar-refractivity contribution in [2.24, 2.45) is 0 Å². The topological polar surface area (TPSA) is 92.8 Å². The van der Waals surface area contributed by atoms with Gasteiger partial charge in [-0.3, -0.25) is 0 Å². The van der Waals surface area contributed by atoms with Crippen LogP contribution in [0.2, 0.25) is 0 Å². The molecule has 18 heavy (non-hydrogen) atoms. The van der Waals surface area contributed by atoms with E-state index in [0.717, 1.165) is 0 Å². The minimum atomic E-state index is -1.22. The van der Waals surface area contributed by atoms with Crippen molar-refractivity contribution < 1.29 is 24.3 Å². The Bertz CT molecular complexity index is 607.